The number of fused-ring (bicyclic) bond motifs is 3. The summed E-state index contributed by atoms with van der Waals surface area (Å²) in [5.74, 6) is 0.212. The molecule has 0 atom stereocenters. The lowest BCUT2D eigenvalue weighted by Gasteiger charge is -2.18. The minimum atomic E-state index is -4.59. The maximum atomic E-state index is 14.3. The maximum absolute atomic E-state index is 14.3. The number of rotatable bonds is 5. The van der Waals surface area contributed by atoms with Gasteiger partial charge in [0.2, 0.25) is 5.78 Å². The van der Waals surface area contributed by atoms with Crippen LogP contribution in [-0.4, -0.2) is 30.9 Å². The second-order valence-electron chi connectivity index (χ2n) is 9.13. The van der Waals surface area contributed by atoms with E-state index in [0.717, 1.165) is 27.9 Å². The standard InChI is InChI=1S/C27H26F3N5/c1-17-13-18(2)23(19(3)14-17)35-25-21(11-8-12-31-25)34-22(24(27(28,29)30)32-26(34)35)16-33(4)15-20-9-6-5-7-10-20/h5-14H,15-16H2,1-4H3. The Bertz CT molecular complexity index is 1510. The van der Waals surface area contributed by atoms with Crippen LogP contribution in [0.15, 0.2) is 60.8 Å². The third kappa shape index (κ3) is 4.08. The summed E-state index contributed by atoms with van der Waals surface area (Å²) in [7, 11) is 1.82. The fraction of sp³-hybridized carbons (Fsp3) is 0.259. The molecule has 0 saturated heterocycles. The summed E-state index contributed by atoms with van der Waals surface area (Å²) in [4.78, 5) is 10.6. The first-order valence-corrected chi connectivity index (χ1v) is 11.4. The number of nitrogens with zero attached hydrogens (tertiary/aromatic N) is 5. The van der Waals surface area contributed by atoms with Crippen molar-refractivity contribution >= 4 is 16.9 Å². The van der Waals surface area contributed by atoms with E-state index in [9.17, 15) is 13.2 Å². The molecule has 2 aromatic carbocycles. The molecule has 0 fully saturated rings. The third-order valence-electron chi connectivity index (χ3n) is 6.22. The molecular weight excluding hydrogens is 451 g/mol. The summed E-state index contributed by atoms with van der Waals surface area (Å²) >= 11 is 0. The SMILES string of the molecule is Cc1cc(C)c(-n2c3ncccc3n3c(CN(C)Cc4ccccc4)c(C(F)(F)F)nc23)c(C)c1. The van der Waals surface area contributed by atoms with Gasteiger partial charge in [-0.3, -0.25) is 13.9 Å². The smallest absolute Gasteiger partial charge is 0.296 e. The minimum Gasteiger partial charge on any atom is -0.296 e. The van der Waals surface area contributed by atoms with Crippen molar-refractivity contribution in [2.24, 2.45) is 0 Å². The van der Waals surface area contributed by atoms with Gasteiger partial charge >= 0.3 is 6.18 Å². The van der Waals surface area contributed by atoms with Gasteiger partial charge in [-0.1, -0.05) is 48.0 Å². The molecule has 5 nitrogen and oxygen atoms in total. The van der Waals surface area contributed by atoms with E-state index in [-0.39, 0.29) is 18.0 Å². The Kier molecular flexibility index (Phi) is 5.63. The van der Waals surface area contributed by atoms with Gasteiger partial charge in [0.05, 0.1) is 16.9 Å². The lowest BCUT2D eigenvalue weighted by Crippen LogP contribution is -2.21. The first kappa shape index (κ1) is 23.1. The monoisotopic (exact) mass is 477 g/mol. The number of halogens is 3. The van der Waals surface area contributed by atoms with Gasteiger partial charge in [-0.05, 0) is 56.6 Å². The number of hydrogen-bond donors (Lipinski definition) is 0. The number of alkyl halides is 3. The van der Waals surface area contributed by atoms with Crippen LogP contribution in [0, 0.1) is 20.8 Å². The average molecular weight is 478 g/mol. The Balaban J connectivity index is 1.76. The van der Waals surface area contributed by atoms with Crippen LogP contribution in [-0.2, 0) is 19.3 Å². The number of aromatic nitrogens is 4. The van der Waals surface area contributed by atoms with Crippen molar-refractivity contribution in [3.63, 3.8) is 0 Å². The number of aryl methyl sites for hydroxylation is 3. The van der Waals surface area contributed by atoms with E-state index in [1.54, 1.807) is 27.3 Å². The van der Waals surface area contributed by atoms with Crippen LogP contribution in [0.5, 0.6) is 0 Å². The van der Waals surface area contributed by atoms with E-state index in [2.05, 4.69) is 9.97 Å². The zero-order valence-electron chi connectivity index (χ0n) is 20.1. The number of hydrogen-bond acceptors (Lipinski definition) is 3. The lowest BCUT2D eigenvalue weighted by atomic mass is 10.1. The van der Waals surface area contributed by atoms with Crippen molar-refractivity contribution in [3.05, 3.63) is 94.4 Å². The molecule has 5 rings (SSSR count). The van der Waals surface area contributed by atoms with Gasteiger partial charge in [-0.15, -0.1) is 0 Å². The molecule has 180 valence electrons. The first-order chi connectivity index (χ1) is 16.6. The second-order valence-corrected chi connectivity index (χ2v) is 9.13. The topological polar surface area (TPSA) is 38.4 Å². The normalized spacial score (nSPS) is 12.3. The van der Waals surface area contributed by atoms with Gasteiger partial charge in [0.1, 0.15) is 0 Å². The quantitative estimate of drug-likeness (QED) is 0.300. The number of benzene rings is 2. The van der Waals surface area contributed by atoms with Gasteiger partial charge < -0.3 is 0 Å². The summed E-state index contributed by atoms with van der Waals surface area (Å²) in [5.41, 5.74) is 5.22. The molecule has 3 heterocycles. The van der Waals surface area contributed by atoms with Gasteiger partial charge in [0, 0.05) is 19.3 Å². The van der Waals surface area contributed by atoms with Gasteiger partial charge in [0.25, 0.3) is 0 Å². The molecule has 0 saturated carbocycles. The highest BCUT2D eigenvalue weighted by molar-refractivity contribution is 5.81. The first-order valence-electron chi connectivity index (χ1n) is 11.4. The van der Waals surface area contributed by atoms with Gasteiger partial charge in [0.15, 0.2) is 11.3 Å². The van der Waals surface area contributed by atoms with Crippen molar-refractivity contribution in [2.45, 2.75) is 40.0 Å². The van der Waals surface area contributed by atoms with Crippen LogP contribution in [0.3, 0.4) is 0 Å². The molecule has 0 bridgehead atoms. The fourth-order valence-electron chi connectivity index (χ4n) is 4.98. The fourth-order valence-corrected chi connectivity index (χ4v) is 4.98. The van der Waals surface area contributed by atoms with Gasteiger partial charge in [-0.25, -0.2) is 9.97 Å². The van der Waals surface area contributed by atoms with Crippen molar-refractivity contribution in [2.75, 3.05) is 7.05 Å². The van der Waals surface area contributed by atoms with Crippen LogP contribution < -0.4 is 0 Å². The van der Waals surface area contributed by atoms with Crippen LogP contribution in [0.25, 0.3) is 22.6 Å². The Morgan fingerprint density at radius 3 is 2.26 bits per heavy atom. The molecule has 0 amide bonds. The largest absolute Gasteiger partial charge is 0.435 e. The molecular formula is C27H26F3N5. The summed E-state index contributed by atoms with van der Waals surface area (Å²) in [6.07, 6.45) is -2.94. The molecule has 0 spiro atoms. The molecule has 0 N–H and O–H groups in total. The zero-order chi connectivity index (χ0) is 24.9. The maximum Gasteiger partial charge on any atom is 0.435 e. The molecule has 0 radical (unpaired) electrons. The van der Waals surface area contributed by atoms with E-state index in [0.29, 0.717) is 17.7 Å². The molecule has 0 aliphatic heterocycles. The highest BCUT2D eigenvalue weighted by Crippen LogP contribution is 2.37. The van der Waals surface area contributed by atoms with Crippen LogP contribution >= 0.6 is 0 Å². The number of imidazole rings is 2. The summed E-state index contributed by atoms with van der Waals surface area (Å²) in [6, 6.07) is 17.3. The summed E-state index contributed by atoms with van der Waals surface area (Å²) in [5, 5.41) is 0. The van der Waals surface area contributed by atoms with Crippen LogP contribution in [0.1, 0.15) is 33.6 Å². The van der Waals surface area contributed by atoms with Crippen molar-refractivity contribution in [1.29, 1.82) is 0 Å². The van der Waals surface area contributed by atoms with Crippen LogP contribution in [0.4, 0.5) is 13.2 Å². The Labute approximate surface area is 201 Å². The van der Waals surface area contributed by atoms with Crippen molar-refractivity contribution in [1.82, 2.24) is 23.8 Å². The molecule has 8 heteroatoms. The van der Waals surface area contributed by atoms with E-state index in [1.165, 1.54) is 0 Å². The lowest BCUT2D eigenvalue weighted by molar-refractivity contribution is -0.141. The Morgan fingerprint density at radius 2 is 1.60 bits per heavy atom. The highest BCUT2D eigenvalue weighted by Gasteiger charge is 2.39. The van der Waals surface area contributed by atoms with Crippen molar-refractivity contribution in [3.8, 4) is 5.69 Å². The van der Waals surface area contributed by atoms with E-state index >= 15 is 0 Å². The summed E-state index contributed by atoms with van der Waals surface area (Å²) in [6.45, 7) is 6.51. The second kappa shape index (κ2) is 8.53. The molecule has 0 unspecified atom stereocenters. The predicted molar refractivity (Wildman–Crippen MR) is 131 cm³/mol. The van der Waals surface area contributed by atoms with E-state index in [4.69, 9.17) is 0 Å². The average Bonchev–Trinajstić information content (AvgIpc) is 3.30. The Morgan fingerprint density at radius 1 is 0.914 bits per heavy atom. The number of pyridine rings is 1. The van der Waals surface area contributed by atoms with Crippen molar-refractivity contribution < 1.29 is 13.2 Å². The predicted octanol–water partition coefficient (Wildman–Crippen LogP) is 6.25. The van der Waals surface area contributed by atoms with Crippen LogP contribution in [0.2, 0.25) is 0 Å². The Hall–Kier alpha value is -3.65. The van der Waals surface area contributed by atoms with E-state index in [1.807, 2.05) is 75.2 Å². The molecule has 35 heavy (non-hydrogen) atoms. The van der Waals surface area contributed by atoms with Gasteiger partial charge in [-0.2, -0.15) is 13.2 Å². The molecule has 0 aliphatic rings. The molecule has 0 aliphatic carbocycles. The summed E-state index contributed by atoms with van der Waals surface area (Å²) < 4.78 is 46.2. The highest BCUT2D eigenvalue weighted by atomic mass is 19.4. The zero-order valence-corrected chi connectivity index (χ0v) is 20.1. The third-order valence-corrected chi connectivity index (χ3v) is 6.22. The van der Waals surface area contributed by atoms with E-state index < -0.39 is 11.9 Å². The molecule has 5 aromatic rings. The molecule has 3 aromatic heterocycles. The minimum absolute atomic E-state index is 0.0742.